The molecule has 0 aliphatic carbocycles. The van der Waals surface area contributed by atoms with E-state index in [1.165, 1.54) is 6.42 Å². The van der Waals surface area contributed by atoms with Gasteiger partial charge in [-0.15, -0.1) is 11.8 Å². The first-order valence-corrected chi connectivity index (χ1v) is 7.21. The number of hydrogen-bond donors (Lipinski definition) is 2. The normalized spacial score (nSPS) is 19.9. The van der Waals surface area contributed by atoms with Crippen molar-refractivity contribution in [2.45, 2.75) is 30.2 Å². The quantitative estimate of drug-likeness (QED) is 0.810. The summed E-state index contributed by atoms with van der Waals surface area (Å²) in [5, 5.41) is 6.27. The van der Waals surface area contributed by atoms with Crippen LogP contribution in [0.25, 0.3) is 0 Å². The number of rotatable bonds is 3. The number of nitrogens with one attached hydrogen (secondary N) is 2. The second-order valence-corrected chi connectivity index (χ2v) is 5.04. The summed E-state index contributed by atoms with van der Waals surface area (Å²) in [4.78, 5) is 13.2. The molecule has 1 aliphatic heterocycles. The SMILES string of the molecule is CSc1ccccc1NC(=O)[C@H]1CCCCN1. The molecule has 1 heterocycles. The van der Waals surface area contributed by atoms with Gasteiger partial charge in [0.1, 0.15) is 0 Å². The average Bonchev–Trinajstić information content (AvgIpc) is 2.40. The molecular formula is C13H18N2OS. The van der Waals surface area contributed by atoms with Crippen LogP contribution in [0.5, 0.6) is 0 Å². The number of hydrogen-bond acceptors (Lipinski definition) is 3. The van der Waals surface area contributed by atoms with Gasteiger partial charge in [-0.25, -0.2) is 0 Å². The molecule has 1 atom stereocenters. The highest BCUT2D eigenvalue weighted by molar-refractivity contribution is 7.98. The van der Waals surface area contributed by atoms with Crippen LogP contribution in [-0.4, -0.2) is 24.7 Å². The van der Waals surface area contributed by atoms with E-state index in [2.05, 4.69) is 10.6 Å². The number of piperidine rings is 1. The van der Waals surface area contributed by atoms with Crippen molar-refractivity contribution in [3.8, 4) is 0 Å². The first kappa shape index (κ1) is 12.5. The number of carbonyl (C=O) groups excluding carboxylic acids is 1. The molecular weight excluding hydrogens is 232 g/mol. The molecule has 92 valence electrons. The van der Waals surface area contributed by atoms with Crippen molar-refractivity contribution in [3.05, 3.63) is 24.3 Å². The first-order valence-electron chi connectivity index (χ1n) is 5.98. The van der Waals surface area contributed by atoms with Crippen molar-refractivity contribution >= 4 is 23.4 Å². The fraction of sp³-hybridized carbons (Fsp3) is 0.462. The number of anilines is 1. The topological polar surface area (TPSA) is 41.1 Å². The average molecular weight is 250 g/mol. The van der Waals surface area contributed by atoms with E-state index in [-0.39, 0.29) is 11.9 Å². The van der Waals surface area contributed by atoms with Crippen molar-refractivity contribution in [1.82, 2.24) is 5.32 Å². The summed E-state index contributed by atoms with van der Waals surface area (Å²) in [6.07, 6.45) is 5.26. The third-order valence-electron chi connectivity index (χ3n) is 2.99. The van der Waals surface area contributed by atoms with Gasteiger partial charge in [-0.2, -0.15) is 0 Å². The van der Waals surface area contributed by atoms with Crippen molar-refractivity contribution in [3.63, 3.8) is 0 Å². The molecule has 3 nitrogen and oxygen atoms in total. The van der Waals surface area contributed by atoms with Gasteiger partial charge in [-0.1, -0.05) is 18.6 Å². The standard InChI is InChI=1S/C13H18N2OS/c1-17-12-8-3-2-6-10(12)15-13(16)11-7-4-5-9-14-11/h2-3,6,8,11,14H,4-5,7,9H2,1H3,(H,15,16)/t11-/m1/s1. The Morgan fingerprint density at radius 3 is 2.94 bits per heavy atom. The van der Waals surface area contributed by atoms with E-state index < -0.39 is 0 Å². The van der Waals surface area contributed by atoms with Gasteiger partial charge in [-0.3, -0.25) is 4.79 Å². The highest BCUT2D eigenvalue weighted by Gasteiger charge is 2.20. The van der Waals surface area contributed by atoms with E-state index in [0.29, 0.717) is 0 Å². The zero-order valence-corrected chi connectivity index (χ0v) is 10.8. The van der Waals surface area contributed by atoms with Crippen LogP contribution in [0.15, 0.2) is 29.2 Å². The number of para-hydroxylation sites is 1. The van der Waals surface area contributed by atoms with Gasteiger partial charge in [0, 0.05) is 4.90 Å². The summed E-state index contributed by atoms with van der Waals surface area (Å²) in [6, 6.07) is 7.88. The molecule has 1 amide bonds. The van der Waals surface area contributed by atoms with Crippen LogP contribution in [0, 0.1) is 0 Å². The molecule has 1 saturated heterocycles. The lowest BCUT2D eigenvalue weighted by Gasteiger charge is -2.23. The van der Waals surface area contributed by atoms with Gasteiger partial charge in [0.2, 0.25) is 5.91 Å². The molecule has 0 bridgehead atoms. The monoisotopic (exact) mass is 250 g/mol. The minimum absolute atomic E-state index is 0.0290. The Kier molecular flexibility index (Phi) is 4.45. The van der Waals surface area contributed by atoms with Crippen molar-refractivity contribution < 1.29 is 4.79 Å². The Hall–Kier alpha value is -1.00. The zero-order chi connectivity index (χ0) is 12.1. The minimum Gasteiger partial charge on any atom is -0.324 e. The van der Waals surface area contributed by atoms with Gasteiger partial charge < -0.3 is 10.6 Å². The summed E-state index contributed by atoms with van der Waals surface area (Å²) in [5.74, 6) is 0.0891. The Morgan fingerprint density at radius 1 is 1.41 bits per heavy atom. The molecule has 1 aromatic carbocycles. The molecule has 1 fully saturated rings. The van der Waals surface area contributed by atoms with Crippen LogP contribution in [-0.2, 0) is 4.79 Å². The van der Waals surface area contributed by atoms with Crippen LogP contribution in [0.4, 0.5) is 5.69 Å². The van der Waals surface area contributed by atoms with Crippen LogP contribution in [0.1, 0.15) is 19.3 Å². The van der Waals surface area contributed by atoms with Crippen LogP contribution >= 0.6 is 11.8 Å². The van der Waals surface area contributed by atoms with E-state index in [1.54, 1.807) is 11.8 Å². The third-order valence-corrected chi connectivity index (χ3v) is 3.79. The summed E-state index contributed by atoms with van der Waals surface area (Å²) in [6.45, 7) is 0.947. The highest BCUT2D eigenvalue weighted by atomic mass is 32.2. The molecule has 2 rings (SSSR count). The smallest absolute Gasteiger partial charge is 0.241 e. The van der Waals surface area contributed by atoms with E-state index >= 15 is 0 Å². The molecule has 0 spiro atoms. The van der Waals surface area contributed by atoms with E-state index in [9.17, 15) is 4.79 Å². The number of thioether (sulfide) groups is 1. The number of carbonyl (C=O) groups is 1. The lowest BCUT2D eigenvalue weighted by Crippen LogP contribution is -2.43. The Morgan fingerprint density at radius 2 is 2.24 bits per heavy atom. The van der Waals surface area contributed by atoms with Gasteiger partial charge >= 0.3 is 0 Å². The van der Waals surface area contributed by atoms with Gasteiger partial charge in [-0.05, 0) is 37.8 Å². The molecule has 2 N–H and O–H groups in total. The summed E-state index contributed by atoms with van der Waals surface area (Å²) >= 11 is 1.65. The van der Waals surface area contributed by atoms with E-state index in [4.69, 9.17) is 0 Å². The predicted molar refractivity (Wildman–Crippen MR) is 72.5 cm³/mol. The molecule has 1 aromatic rings. The van der Waals surface area contributed by atoms with Crippen LogP contribution in [0.2, 0.25) is 0 Å². The van der Waals surface area contributed by atoms with E-state index in [1.807, 2.05) is 30.5 Å². The maximum Gasteiger partial charge on any atom is 0.241 e. The summed E-state index contributed by atoms with van der Waals surface area (Å²) < 4.78 is 0. The highest BCUT2D eigenvalue weighted by Crippen LogP contribution is 2.25. The molecule has 1 aliphatic rings. The first-order chi connectivity index (χ1) is 8.31. The van der Waals surface area contributed by atoms with Crippen molar-refractivity contribution in [2.24, 2.45) is 0 Å². The number of amides is 1. The maximum absolute atomic E-state index is 12.1. The fourth-order valence-electron chi connectivity index (χ4n) is 2.04. The third kappa shape index (κ3) is 3.23. The Labute approximate surface area is 106 Å². The molecule has 0 unspecified atom stereocenters. The molecule has 0 saturated carbocycles. The molecule has 0 aromatic heterocycles. The second kappa shape index (κ2) is 6.07. The van der Waals surface area contributed by atoms with Gasteiger partial charge in [0.25, 0.3) is 0 Å². The summed E-state index contributed by atoms with van der Waals surface area (Å²) in [5.41, 5.74) is 0.914. The van der Waals surface area contributed by atoms with Crippen LogP contribution < -0.4 is 10.6 Å². The lowest BCUT2D eigenvalue weighted by atomic mass is 10.0. The summed E-state index contributed by atoms with van der Waals surface area (Å²) in [7, 11) is 0. The zero-order valence-electron chi connectivity index (χ0n) is 10.0. The van der Waals surface area contributed by atoms with Gasteiger partial charge in [0.05, 0.1) is 11.7 Å². The Balaban J connectivity index is 2.01. The minimum atomic E-state index is -0.0290. The fourth-order valence-corrected chi connectivity index (χ4v) is 2.60. The van der Waals surface area contributed by atoms with Crippen molar-refractivity contribution in [2.75, 3.05) is 18.1 Å². The second-order valence-electron chi connectivity index (χ2n) is 4.19. The maximum atomic E-state index is 12.1. The van der Waals surface area contributed by atoms with Gasteiger partial charge in [0.15, 0.2) is 0 Å². The lowest BCUT2D eigenvalue weighted by molar-refractivity contribution is -0.118. The van der Waals surface area contributed by atoms with E-state index in [0.717, 1.165) is 30.0 Å². The molecule has 17 heavy (non-hydrogen) atoms. The van der Waals surface area contributed by atoms with Crippen LogP contribution in [0.3, 0.4) is 0 Å². The predicted octanol–water partition coefficient (Wildman–Crippen LogP) is 2.49. The Bertz CT molecular complexity index is 389. The molecule has 4 heteroatoms. The molecule has 0 radical (unpaired) electrons. The number of benzene rings is 1. The largest absolute Gasteiger partial charge is 0.324 e. The van der Waals surface area contributed by atoms with Crippen molar-refractivity contribution in [1.29, 1.82) is 0 Å².